The Morgan fingerprint density at radius 2 is 2.21 bits per heavy atom. The van der Waals surface area contributed by atoms with E-state index in [9.17, 15) is 10.1 Å². The van der Waals surface area contributed by atoms with Crippen LogP contribution in [0.2, 0.25) is 0 Å². The van der Waals surface area contributed by atoms with Gasteiger partial charge in [0.15, 0.2) is 0 Å². The number of nitrogens with zero attached hydrogens (tertiary/aromatic N) is 1. The van der Waals surface area contributed by atoms with Gasteiger partial charge in [0, 0.05) is 18.1 Å². The zero-order valence-electron chi connectivity index (χ0n) is 8.16. The standard InChI is InChI=1S/C10H11NO3/c1-6-5-9(11(12)13)7(2)10-8(6)3-4-14-10/h5H,3-4H2,1-2H3. The highest BCUT2D eigenvalue weighted by molar-refractivity contribution is 5.57. The molecule has 0 atom stereocenters. The molecule has 14 heavy (non-hydrogen) atoms. The van der Waals surface area contributed by atoms with E-state index in [-0.39, 0.29) is 10.6 Å². The molecule has 0 fully saturated rings. The number of aryl methyl sites for hydroxylation is 1. The predicted octanol–water partition coefficient (Wildman–Crippen LogP) is 2.15. The van der Waals surface area contributed by atoms with Crippen molar-refractivity contribution in [3.63, 3.8) is 0 Å². The number of hydrogen-bond donors (Lipinski definition) is 0. The summed E-state index contributed by atoms with van der Waals surface area (Å²) in [6.45, 7) is 4.26. The van der Waals surface area contributed by atoms with Gasteiger partial charge in [0.2, 0.25) is 0 Å². The molecule has 0 spiro atoms. The number of nitro groups is 1. The first-order valence-electron chi connectivity index (χ1n) is 4.51. The summed E-state index contributed by atoms with van der Waals surface area (Å²) in [4.78, 5) is 10.4. The van der Waals surface area contributed by atoms with Crippen molar-refractivity contribution in [1.82, 2.24) is 0 Å². The van der Waals surface area contributed by atoms with Gasteiger partial charge >= 0.3 is 0 Å². The molecule has 0 N–H and O–H groups in total. The van der Waals surface area contributed by atoms with Gasteiger partial charge in [-0.25, -0.2) is 0 Å². The molecule has 0 aliphatic carbocycles. The molecule has 0 saturated heterocycles. The van der Waals surface area contributed by atoms with Gasteiger partial charge in [-0.05, 0) is 19.4 Å². The minimum absolute atomic E-state index is 0.156. The van der Waals surface area contributed by atoms with Crippen LogP contribution in [-0.2, 0) is 6.42 Å². The molecule has 0 aromatic heterocycles. The maximum absolute atomic E-state index is 10.7. The molecule has 0 unspecified atom stereocenters. The molecule has 1 aromatic rings. The summed E-state index contributed by atoms with van der Waals surface area (Å²) >= 11 is 0. The van der Waals surface area contributed by atoms with E-state index >= 15 is 0 Å². The average molecular weight is 193 g/mol. The predicted molar refractivity (Wildman–Crippen MR) is 51.8 cm³/mol. The van der Waals surface area contributed by atoms with E-state index in [2.05, 4.69) is 0 Å². The van der Waals surface area contributed by atoms with Crippen LogP contribution in [0.1, 0.15) is 16.7 Å². The number of fused-ring (bicyclic) bond motifs is 1. The van der Waals surface area contributed by atoms with Gasteiger partial charge in [-0.15, -0.1) is 0 Å². The van der Waals surface area contributed by atoms with Gasteiger partial charge in [-0.3, -0.25) is 10.1 Å². The van der Waals surface area contributed by atoms with Crippen LogP contribution >= 0.6 is 0 Å². The molecule has 4 nitrogen and oxygen atoms in total. The second-order valence-corrected chi connectivity index (χ2v) is 3.50. The van der Waals surface area contributed by atoms with E-state index in [1.54, 1.807) is 13.0 Å². The van der Waals surface area contributed by atoms with Crippen molar-refractivity contribution in [1.29, 1.82) is 0 Å². The normalized spacial score (nSPS) is 13.6. The molecular formula is C10H11NO3. The Bertz CT molecular complexity index is 412. The summed E-state index contributed by atoms with van der Waals surface area (Å²) in [5.74, 6) is 0.719. The Morgan fingerprint density at radius 1 is 1.50 bits per heavy atom. The number of rotatable bonds is 1. The monoisotopic (exact) mass is 193 g/mol. The van der Waals surface area contributed by atoms with Crippen molar-refractivity contribution in [3.8, 4) is 5.75 Å². The Hall–Kier alpha value is -1.58. The van der Waals surface area contributed by atoms with Crippen LogP contribution in [0.5, 0.6) is 5.75 Å². The van der Waals surface area contributed by atoms with Gasteiger partial charge in [0.25, 0.3) is 5.69 Å². The molecule has 0 radical (unpaired) electrons. The van der Waals surface area contributed by atoms with Crippen LogP contribution in [0.25, 0.3) is 0 Å². The van der Waals surface area contributed by atoms with E-state index in [1.165, 1.54) is 0 Å². The van der Waals surface area contributed by atoms with E-state index in [0.29, 0.717) is 12.2 Å². The molecule has 1 aliphatic rings. The van der Waals surface area contributed by atoms with E-state index in [4.69, 9.17) is 4.74 Å². The first-order chi connectivity index (χ1) is 6.61. The molecule has 0 saturated carbocycles. The summed E-state index contributed by atoms with van der Waals surface area (Å²) in [6, 6.07) is 1.63. The minimum atomic E-state index is -0.357. The lowest BCUT2D eigenvalue weighted by molar-refractivity contribution is -0.385. The van der Waals surface area contributed by atoms with Gasteiger partial charge in [-0.1, -0.05) is 0 Å². The quantitative estimate of drug-likeness (QED) is 0.507. The van der Waals surface area contributed by atoms with Crippen LogP contribution in [0.15, 0.2) is 6.07 Å². The van der Waals surface area contributed by atoms with Crippen molar-refractivity contribution >= 4 is 5.69 Å². The molecular weight excluding hydrogens is 182 g/mol. The number of benzene rings is 1. The fraction of sp³-hybridized carbons (Fsp3) is 0.400. The second kappa shape index (κ2) is 2.97. The summed E-state index contributed by atoms with van der Waals surface area (Å²) in [5, 5.41) is 10.7. The molecule has 2 rings (SSSR count). The van der Waals surface area contributed by atoms with Gasteiger partial charge in [0.05, 0.1) is 17.1 Å². The third-order valence-electron chi connectivity index (χ3n) is 2.62. The minimum Gasteiger partial charge on any atom is -0.492 e. The lowest BCUT2D eigenvalue weighted by Gasteiger charge is -2.06. The third kappa shape index (κ3) is 1.14. The SMILES string of the molecule is Cc1cc([N+](=O)[O-])c(C)c2c1CCO2. The molecule has 1 aliphatic heterocycles. The Labute approximate surface area is 81.7 Å². The molecule has 74 valence electrons. The van der Waals surface area contributed by atoms with Crippen LogP contribution < -0.4 is 4.74 Å². The summed E-state index contributed by atoms with van der Waals surface area (Å²) in [6.07, 6.45) is 0.861. The van der Waals surface area contributed by atoms with E-state index < -0.39 is 0 Å². The lowest BCUT2D eigenvalue weighted by atomic mass is 10.0. The second-order valence-electron chi connectivity index (χ2n) is 3.50. The first kappa shape index (κ1) is 8.99. The summed E-state index contributed by atoms with van der Waals surface area (Å²) in [7, 11) is 0. The van der Waals surface area contributed by atoms with Crippen molar-refractivity contribution in [2.45, 2.75) is 20.3 Å². The van der Waals surface area contributed by atoms with Gasteiger partial charge in [-0.2, -0.15) is 0 Å². The third-order valence-corrected chi connectivity index (χ3v) is 2.62. The van der Waals surface area contributed by atoms with E-state index in [1.807, 2.05) is 6.92 Å². The maximum Gasteiger partial charge on any atom is 0.276 e. The molecule has 1 heterocycles. The largest absolute Gasteiger partial charge is 0.492 e. The smallest absolute Gasteiger partial charge is 0.276 e. The van der Waals surface area contributed by atoms with Crippen molar-refractivity contribution in [2.75, 3.05) is 6.61 Å². The summed E-state index contributed by atoms with van der Waals surface area (Å²) in [5.41, 5.74) is 2.87. The zero-order chi connectivity index (χ0) is 10.3. The highest BCUT2D eigenvalue weighted by Crippen LogP contribution is 2.37. The van der Waals surface area contributed by atoms with E-state index in [0.717, 1.165) is 23.3 Å². The van der Waals surface area contributed by atoms with Crippen LogP contribution in [0, 0.1) is 24.0 Å². The average Bonchev–Trinajstić information content (AvgIpc) is 2.59. The fourth-order valence-corrected chi connectivity index (χ4v) is 1.87. The summed E-state index contributed by atoms with van der Waals surface area (Å²) < 4.78 is 5.40. The van der Waals surface area contributed by atoms with Crippen molar-refractivity contribution in [3.05, 3.63) is 32.9 Å². The van der Waals surface area contributed by atoms with Crippen LogP contribution in [0.4, 0.5) is 5.69 Å². The topological polar surface area (TPSA) is 52.4 Å². The fourth-order valence-electron chi connectivity index (χ4n) is 1.87. The maximum atomic E-state index is 10.7. The van der Waals surface area contributed by atoms with Crippen molar-refractivity contribution < 1.29 is 9.66 Å². The Morgan fingerprint density at radius 3 is 2.86 bits per heavy atom. The van der Waals surface area contributed by atoms with Gasteiger partial charge in [0.1, 0.15) is 5.75 Å². The number of nitro benzene ring substituents is 1. The first-order valence-corrected chi connectivity index (χ1v) is 4.51. The van der Waals surface area contributed by atoms with Gasteiger partial charge < -0.3 is 4.74 Å². The van der Waals surface area contributed by atoms with Crippen molar-refractivity contribution in [2.24, 2.45) is 0 Å². The highest BCUT2D eigenvalue weighted by Gasteiger charge is 2.24. The number of hydrogen-bond acceptors (Lipinski definition) is 3. The Balaban J connectivity index is 2.68. The molecule has 1 aromatic carbocycles. The lowest BCUT2D eigenvalue weighted by Crippen LogP contribution is -1.96. The Kier molecular flexibility index (Phi) is 1.91. The highest BCUT2D eigenvalue weighted by atomic mass is 16.6. The van der Waals surface area contributed by atoms with Crippen LogP contribution in [-0.4, -0.2) is 11.5 Å². The molecule has 0 bridgehead atoms. The molecule has 4 heteroatoms. The molecule has 0 amide bonds. The number of ether oxygens (including phenoxy) is 1. The van der Waals surface area contributed by atoms with Crippen LogP contribution in [0.3, 0.4) is 0 Å². The zero-order valence-corrected chi connectivity index (χ0v) is 8.16.